The molecule has 0 fully saturated rings. The minimum atomic E-state index is 0.771. The Kier molecular flexibility index (Phi) is 1.98. The smallest absolute Gasteiger partial charge is 0.143 e. The number of rotatable bonds is 2. The average Bonchev–Trinajstić information content (AvgIpc) is 1.91. The molecule has 1 aromatic rings. The standard InChI is InChI=1S/C5H8N4/c1-6-9-5-2-3-7-4-8-5/h2-4,6H,1H3,(H,7,8,9). The minimum absolute atomic E-state index is 0.771. The predicted octanol–water partition coefficient (Wildman–Crippen LogP) is 0.0229. The molecule has 0 spiro atoms. The second-order valence-corrected chi connectivity index (χ2v) is 1.47. The van der Waals surface area contributed by atoms with Crippen molar-refractivity contribution in [3.05, 3.63) is 18.6 Å². The Morgan fingerprint density at radius 3 is 3.00 bits per heavy atom. The summed E-state index contributed by atoms with van der Waals surface area (Å²) in [5.74, 6) is 0.771. The lowest BCUT2D eigenvalue weighted by atomic mass is 10.6. The van der Waals surface area contributed by atoms with Gasteiger partial charge in [0.25, 0.3) is 0 Å². The number of hydrogen-bond acceptors (Lipinski definition) is 4. The zero-order valence-electron chi connectivity index (χ0n) is 5.13. The van der Waals surface area contributed by atoms with Gasteiger partial charge in [0.1, 0.15) is 12.1 Å². The summed E-state index contributed by atoms with van der Waals surface area (Å²) in [7, 11) is 1.78. The summed E-state index contributed by atoms with van der Waals surface area (Å²) in [5, 5.41) is 0. The minimum Gasteiger partial charge on any atom is -0.306 e. The van der Waals surface area contributed by atoms with Crippen LogP contribution in [0.15, 0.2) is 18.6 Å². The van der Waals surface area contributed by atoms with Crippen molar-refractivity contribution >= 4 is 5.82 Å². The van der Waals surface area contributed by atoms with E-state index in [9.17, 15) is 0 Å². The van der Waals surface area contributed by atoms with E-state index in [0.29, 0.717) is 0 Å². The van der Waals surface area contributed by atoms with Gasteiger partial charge in [0.15, 0.2) is 0 Å². The number of hydrogen-bond donors (Lipinski definition) is 2. The van der Waals surface area contributed by atoms with Crippen molar-refractivity contribution in [1.82, 2.24) is 15.4 Å². The Bertz CT molecular complexity index is 162. The molecular formula is C5H8N4. The van der Waals surface area contributed by atoms with Crippen molar-refractivity contribution in [2.24, 2.45) is 0 Å². The van der Waals surface area contributed by atoms with Crippen LogP contribution in [-0.4, -0.2) is 17.0 Å². The molecule has 48 valence electrons. The first-order valence-electron chi connectivity index (χ1n) is 2.62. The van der Waals surface area contributed by atoms with E-state index < -0.39 is 0 Å². The number of nitrogens with zero attached hydrogens (tertiary/aromatic N) is 2. The van der Waals surface area contributed by atoms with Crippen LogP contribution in [0.25, 0.3) is 0 Å². The van der Waals surface area contributed by atoms with Crippen LogP contribution in [0.5, 0.6) is 0 Å². The second-order valence-electron chi connectivity index (χ2n) is 1.47. The lowest BCUT2D eigenvalue weighted by Crippen LogP contribution is -2.15. The maximum Gasteiger partial charge on any atom is 0.143 e. The predicted molar refractivity (Wildman–Crippen MR) is 34.7 cm³/mol. The van der Waals surface area contributed by atoms with Crippen LogP contribution >= 0.6 is 0 Å². The zero-order valence-corrected chi connectivity index (χ0v) is 5.13. The van der Waals surface area contributed by atoms with E-state index >= 15 is 0 Å². The summed E-state index contributed by atoms with van der Waals surface area (Å²) in [6.07, 6.45) is 3.16. The molecule has 0 bridgehead atoms. The van der Waals surface area contributed by atoms with Crippen LogP contribution in [0.1, 0.15) is 0 Å². The van der Waals surface area contributed by atoms with Gasteiger partial charge in [-0.3, -0.25) is 0 Å². The summed E-state index contributed by atoms with van der Waals surface area (Å²) in [6.45, 7) is 0. The molecule has 0 radical (unpaired) electrons. The molecule has 1 heterocycles. The highest BCUT2D eigenvalue weighted by Gasteiger charge is 1.83. The monoisotopic (exact) mass is 124 g/mol. The first-order valence-corrected chi connectivity index (χ1v) is 2.62. The summed E-state index contributed by atoms with van der Waals surface area (Å²) < 4.78 is 0. The van der Waals surface area contributed by atoms with Crippen LogP contribution < -0.4 is 10.9 Å². The van der Waals surface area contributed by atoms with Crippen LogP contribution in [0.2, 0.25) is 0 Å². The first kappa shape index (κ1) is 5.97. The fourth-order valence-corrected chi connectivity index (χ4v) is 0.493. The molecule has 4 nitrogen and oxygen atoms in total. The van der Waals surface area contributed by atoms with Gasteiger partial charge in [0.2, 0.25) is 0 Å². The van der Waals surface area contributed by atoms with Gasteiger partial charge in [0.05, 0.1) is 0 Å². The maximum absolute atomic E-state index is 3.88. The Morgan fingerprint density at radius 2 is 2.44 bits per heavy atom. The summed E-state index contributed by atoms with van der Waals surface area (Å²) >= 11 is 0. The lowest BCUT2D eigenvalue weighted by molar-refractivity contribution is 0.958. The normalized spacial score (nSPS) is 9.00. The van der Waals surface area contributed by atoms with Gasteiger partial charge in [-0.2, -0.15) is 0 Å². The van der Waals surface area contributed by atoms with E-state index in [4.69, 9.17) is 0 Å². The SMILES string of the molecule is CNNc1ccncn1. The zero-order chi connectivity index (χ0) is 6.53. The van der Waals surface area contributed by atoms with Crippen LogP contribution in [0.3, 0.4) is 0 Å². The Balaban J connectivity index is 2.61. The van der Waals surface area contributed by atoms with Gasteiger partial charge in [0, 0.05) is 19.3 Å². The molecule has 0 aliphatic heterocycles. The Labute approximate surface area is 53.3 Å². The molecule has 0 amide bonds. The highest BCUT2D eigenvalue weighted by molar-refractivity contribution is 5.29. The van der Waals surface area contributed by atoms with Crippen molar-refractivity contribution in [2.45, 2.75) is 0 Å². The first-order chi connectivity index (χ1) is 4.43. The number of aromatic nitrogens is 2. The third-order valence-corrected chi connectivity index (χ3v) is 0.835. The van der Waals surface area contributed by atoms with Crippen molar-refractivity contribution in [2.75, 3.05) is 12.5 Å². The van der Waals surface area contributed by atoms with Crippen molar-refractivity contribution in [3.8, 4) is 0 Å². The molecule has 1 rings (SSSR count). The fraction of sp³-hybridized carbons (Fsp3) is 0.200. The molecule has 0 atom stereocenters. The highest BCUT2D eigenvalue weighted by atomic mass is 15.4. The molecule has 0 unspecified atom stereocenters. The van der Waals surface area contributed by atoms with Crippen molar-refractivity contribution < 1.29 is 0 Å². The number of anilines is 1. The van der Waals surface area contributed by atoms with E-state index in [2.05, 4.69) is 20.8 Å². The van der Waals surface area contributed by atoms with Gasteiger partial charge in [-0.15, -0.1) is 0 Å². The third kappa shape index (κ3) is 1.65. The van der Waals surface area contributed by atoms with Crippen LogP contribution in [0.4, 0.5) is 5.82 Å². The molecular weight excluding hydrogens is 116 g/mol. The second kappa shape index (κ2) is 2.99. The quantitative estimate of drug-likeness (QED) is 0.546. The van der Waals surface area contributed by atoms with E-state index in [1.165, 1.54) is 6.33 Å². The van der Waals surface area contributed by atoms with Gasteiger partial charge in [-0.1, -0.05) is 0 Å². The van der Waals surface area contributed by atoms with Gasteiger partial charge < -0.3 is 5.43 Å². The van der Waals surface area contributed by atoms with Crippen molar-refractivity contribution in [1.29, 1.82) is 0 Å². The maximum atomic E-state index is 3.88. The average molecular weight is 124 g/mol. The largest absolute Gasteiger partial charge is 0.306 e. The van der Waals surface area contributed by atoms with E-state index in [1.807, 2.05) is 0 Å². The molecule has 0 saturated heterocycles. The molecule has 9 heavy (non-hydrogen) atoms. The van der Waals surface area contributed by atoms with Crippen molar-refractivity contribution in [3.63, 3.8) is 0 Å². The van der Waals surface area contributed by atoms with Crippen LogP contribution in [-0.2, 0) is 0 Å². The summed E-state index contributed by atoms with van der Waals surface area (Å²) in [6, 6.07) is 1.77. The van der Waals surface area contributed by atoms with Gasteiger partial charge >= 0.3 is 0 Å². The topological polar surface area (TPSA) is 49.8 Å². The molecule has 0 aromatic carbocycles. The van der Waals surface area contributed by atoms with E-state index in [0.717, 1.165) is 5.82 Å². The third-order valence-electron chi connectivity index (χ3n) is 0.835. The molecule has 0 aliphatic rings. The Hall–Kier alpha value is -1.16. The summed E-state index contributed by atoms with van der Waals surface area (Å²) in [4.78, 5) is 7.63. The number of nitrogens with one attached hydrogen (secondary N) is 2. The molecule has 0 aliphatic carbocycles. The molecule has 0 saturated carbocycles. The fourth-order valence-electron chi connectivity index (χ4n) is 0.493. The van der Waals surface area contributed by atoms with Crippen LogP contribution in [0, 0.1) is 0 Å². The van der Waals surface area contributed by atoms with Gasteiger partial charge in [-0.25, -0.2) is 15.4 Å². The number of hydrazine groups is 1. The molecule has 4 heteroatoms. The molecule has 1 aromatic heterocycles. The van der Waals surface area contributed by atoms with Gasteiger partial charge in [-0.05, 0) is 0 Å². The summed E-state index contributed by atoms with van der Waals surface area (Å²) in [5.41, 5.74) is 5.55. The Morgan fingerprint density at radius 1 is 1.56 bits per heavy atom. The molecule has 2 N–H and O–H groups in total. The lowest BCUT2D eigenvalue weighted by Gasteiger charge is -1.98. The van der Waals surface area contributed by atoms with E-state index in [-0.39, 0.29) is 0 Å². The van der Waals surface area contributed by atoms with E-state index in [1.54, 1.807) is 19.3 Å². The highest BCUT2D eigenvalue weighted by Crippen LogP contribution is 1.93.